The van der Waals surface area contributed by atoms with Gasteiger partial charge in [-0.2, -0.15) is 0 Å². The highest BCUT2D eigenvalue weighted by atomic mass is 16.2. The number of rotatable bonds is 7. The maximum absolute atomic E-state index is 11.6. The molecule has 0 aromatic rings. The molecule has 0 atom stereocenters. The van der Waals surface area contributed by atoms with Crippen molar-refractivity contribution in [2.75, 3.05) is 26.2 Å². The molecule has 0 rings (SSSR count). The van der Waals surface area contributed by atoms with Crippen LogP contribution in [0.3, 0.4) is 0 Å². The number of hydrogen-bond acceptors (Lipinski definition) is 2. The van der Waals surface area contributed by atoms with Crippen LogP contribution in [0.5, 0.6) is 0 Å². The van der Waals surface area contributed by atoms with E-state index in [1.807, 2.05) is 27.7 Å². The lowest BCUT2D eigenvalue weighted by molar-refractivity contribution is -0.130. The molecule has 0 saturated carbocycles. The molecule has 0 aliphatic rings. The molecule has 0 aliphatic heterocycles. The van der Waals surface area contributed by atoms with Gasteiger partial charge in [-0.15, -0.1) is 0 Å². The van der Waals surface area contributed by atoms with Crippen molar-refractivity contribution in [1.82, 2.24) is 15.5 Å². The van der Waals surface area contributed by atoms with Crippen LogP contribution in [0.1, 0.15) is 34.1 Å². The van der Waals surface area contributed by atoms with Crippen LogP contribution < -0.4 is 10.6 Å². The summed E-state index contributed by atoms with van der Waals surface area (Å²) in [6, 6.07) is -0.203. The highest BCUT2D eigenvalue weighted by molar-refractivity contribution is 5.78. The van der Waals surface area contributed by atoms with Crippen LogP contribution in [0.15, 0.2) is 0 Å². The van der Waals surface area contributed by atoms with Gasteiger partial charge in [-0.3, -0.25) is 4.79 Å². The first-order valence-corrected chi connectivity index (χ1v) is 6.30. The first kappa shape index (κ1) is 15.7. The summed E-state index contributed by atoms with van der Waals surface area (Å²) in [5.74, 6) is 0.511. The SMILES string of the molecule is CCN(CC)C(=O)CCNC(=O)NCC(C)C. The van der Waals surface area contributed by atoms with Crippen molar-refractivity contribution in [2.45, 2.75) is 34.1 Å². The topological polar surface area (TPSA) is 61.4 Å². The number of carbonyl (C=O) groups is 2. The van der Waals surface area contributed by atoms with E-state index in [2.05, 4.69) is 10.6 Å². The predicted octanol–water partition coefficient (Wildman–Crippen LogP) is 1.20. The fraction of sp³-hybridized carbons (Fsp3) is 0.833. The molecule has 0 heterocycles. The second-order valence-electron chi connectivity index (χ2n) is 4.35. The fourth-order valence-electron chi connectivity index (χ4n) is 1.38. The van der Waals surface area contributed by atoms with Gasteiger partial charge in [0.25, 0.3) is 0 Å². The van der Waals surface area contributed by atoms with Gasteiger partial charge in [0.15, 0.2) is 0 Å². The van der Waals surface area contributed by atoms with E-state index >= 15 is 0 Å². The third kappa shape index (κ3) is 7.60. The van der Waals surface area contributed by atoms with Crippen LogP contribution in [-0.2, 0) is 4.79 Å². The summed E-state index contributed by atoms with van der Waals surface area (Å²) in [6.07, 6.45) is 0.358. The Balaban J connectivity index is 3.69. The molecule has 100 valence electrons. The van der Waals surface area contributed by atoms with Crippen LogP contribution in [0.25, 0.3) is 0 Å². The van der Waals surface area contributed by atoms with Crippen molar-refractivity contribution < 1.29 is 9.59 Å². The summed E-state index contributed by atoms with van der Waals surface area (Å²) in [7, 11) is 0. The van der Waals surface area contributed by atoms with Gasteiger partial charge in [-0.25, -0.2) is 4.79 Å². The van der Waals surface area contributed by atoms with Crippen molar-refractivity contribution in [3.05, 3.63) is 0 Å². The number of nitrogens with one attached hydrogen (secondary N) is 2. The van der Waals surface area contributed by atoms with Crippen molar-refractivity contribution in [2.24, 2.45) is 5.92 Å². The van der Waals surface area contributed by atoms with E-state index in [4.69, 9.17) is 0 Å². The van der Waals surface area contributed by atoms with Crippen molar-refractivity contribution >= 4 is 11.9 Å². The Morgan fingerprint density at radius 1 is 1.12 bits per heavy atom. The first-order chi connectivity index (χ1) is 8.01. The van der Waals surface area contributed by atoms with Crippen molar-refractivity contribution in [3.8, 4) is 0 Å². The van der Waals surface area contributed by atoms with E-state index in [9.17, 15) is 9.59 Å². The molecule has 5 nitrogen and oxygen atoms in total. The van der Waals surface area contributed by atoms with E-state index in [1.165, 1.54) is 0 Å². The molecule has 17 heavy (non-hydrogen) atoms. The van der Waals surface area contributed by atoms with Gasteiger partial charge in [-0.05, 0) is 19.8 Å². The molecular weight excluding hydrogens is 218 g/mol. The van der Waals surface area contributed by atoms with Gasteiger partial charge >= 0.3 is 6.03 Å². The Kier molecular flexibility index (Phi) is 8.19. The van der Waals surface area contributed by atoms with Gasteiger partial charge in [0.1, 0.15) is 0 Å². The van der Waals surface area contributed by atoms with Crippen molar-refractivity contribution in [3.63, 3.8) is 0 Å². The molecule has 0 saturated heterocycles. The van der Waals surface area contributed by atoms with Crippen molar-refractivity contribution in [1.29, 1.82) is 0 Å². The molecule has 0 spiro atoms. The van der Waals surface area contributed by atoms with Gasteiger partial charge in [0, 0.05) is 32.6 Å². The number of amides is 3. The van der Waals surface area contributed by atoms with E-state index in [-0.39, 0.29) is 11.9 Å². The van der Waals surface area contributed by atoms with Gasteiger partial charge in [0.2, 0.25) is 5.91 Å². The average Bonchev–Trinajstić information content (AvgIpc) is 2.28. The Labute approximate surface area is 104 Å². The zero-order chi connectivity index (χ0) is 13.3. The average molecular weight is 243 g/mol. The summed E-state index contributed by atoms with van der Waals surface area (Å²) in [4.78, 5) is 24.7. The molecule has 0 radical (unpaired) electrons. The molecule has 0 aliphatic carbocycles. The Hall–Kier alpha value is -1.26. The van der Waals surface area contributed by atoms with Crippen LogP contribution in [0.4, 0.5) is 4.79 Å². The highest BCUT2D eigenvalue weighted by Crippen LogP contribution is 1.92. The zero-order valence-corrected chi connectivity index (χ0v) is 11.4. The summed E-state index contributed by atoms with van der Waals surface area (Å²) in [6.45, 7) is 10.4. The lowest BCUT2D eigenvalue weighted by atomic mass is 10.2. The quantitative estimate of drug-likeness (QED) is 0.706. The Bertz CT molecular complexity index is 238. The maximum Gasteiger partial charge on any atom is 0.314 e. The van der Waals surface area contributed by atoms with Crippen LogP contribution >= 0.6 is 0 Å². The van der Waals surface area contributed by atoms with E-state index in [0.717, 1.165) is 13.1 Å². The van der Waals surface area contributed by atoms with Gasteiger partial charge < -0.3 is 15.5 Å². The van der Waals surface area contributed by atoms with Gasteiger partial charge in [-0.1, -0.05) is 13.8 Å². The predicted molar refractivity (Wildman–Crippen MR) is 68.8 cm³/mol. The summed E-state index contributed by atoms with van der Waals surface area (Å²) < 4.78 is 0. The second-order valence-corrected chi connectivity index (χ2v) is 4.35. The summed E-state index contributed by atoms with van der Waals surface area (Å²) in [5.41, 5.74) is 0. The fourth-order valence-corrected chi connectivity index (χ4v) is 1.38. The molecule has 0 aromatic carbocycles. The first-order valence-electron chi connectivity index (χ1n) is 6.30. The standard InChI is InChI=1S/C12H25N3O2/c1-5-15(6-2)11(16)7-8-13-12(17)14-9-10(3)4/h10H,5-9H2,1-4H3,(H2,13,14,17). The van der Waals surface area contributed by atoms with Crippen LogP contribution in [-0.4, -0.2) is 43.0 Å². The third-order valence-electron chi connectivity index (χ3n) is 2.41. The Morgan fingerprint density at radius 2 is 1.71 bits per heavy atom. The minimum atomic E-state index is -0.203. The lowest BCUT2D eigenvalue weighted by Gasteiger charge is -2.18. The molecule has 5 heteroatoms. The maximum atomic E-state index is 11.6. The minimum absolute atomic E-state index is 0.0826. The number of urea groups is 1. The largest absolute Gasteiger partial charge is 0.343 e. The normalized spacial score (nSPS) is 10.2. The van der Waals surface area contributed by atoms with Crippen LogP contribution in [0.2, 0.25) is 0 Å². The highest BCUT2D eigenvalue weighted by Gasteiger charge is 2.09. The zero-order valence-electron chi connectivity index (χ0n) is 11.4. The number of hydrogen-bond donors (Lipinski definition) is 2. The number of carbonyl (C=O) groups excluding carboxylic acids is 2. The molecule has 0 bridgehead atoms. The minimum Gasteiger partial charge on any atom is -0.343 e. The molecule has 3 amide bonds. The van der Waals surface area contributed by atoms with Gasteiger partial charge in [0.05, 0.1) is 0 Å². The van der Waals surface area contributed by atoms with E-state index in [0.29, 0.717) is 25.4 Å². The van der Waals surface area contributed by atoms with Crippen LogP contribution in [0, 0.1) is 5.92 Å². The lowest BCUT2D eigenvalue weighted by Crippen LogP contribution is -2.40. The smallest absolute Gasteiger partial charge is 0.314 e. The molecular formula is C12H25N3O2. The third-order valence-corrected chi connectivity index (χ3v) is 2.41. The molecule has 0 fully saturated rings. The molecule has 2 N–H and O–H groups in total. The van der Waals surface area contributed by atoms with E-state index in [1.54, 1.807) is 4.90 Å². The summed E-state index contributed by atoms with van der Waals surface area (Å²) >= 11 is 0. The summed E-state index contributed by atoms with van der Waals surface area (Å²) in [5, 5.41) is 5.41. The molecule has 0 unspecified atom stereocenters. The monoisotopic (exact) mass is 243 g/mol. The molecule has 0 aromatic heterocycles. The second kappa shape index (κ2) is 8.84. The Morgan fingerprint density at radius 3 is 2.18 bits per heavy atom. The van der Waals surface area contributed by atoms with E-state index < -0.39 is 0 Å². The number of nitrogens with zero attached hydrogens (tertiary/aromatic N) is 1.